The van der Waals surface area contributed by atoms with E-state index in [0.717, 1.165) is 36.3 Å². The van der Waals surface area contributed by atoms with E-state index in [4.69, 9.17) is 11.6 Å². The molecule has 2 aromatic rings. The molecule has 0 bridgehead atoms. The third-order valence-electron chi connectivity index (χ3n) is 7.32. The van der Waals surface area contributed by atoms with Gasteiger partial charge in [0.25, 0.3) is 5.82 Å². The molecule has 2 aromatic heterocycles. The topological polar surface area (TPSA) is 51.2 Å². The van der Waals surface area contributed by atoms with Gasteiger partial charge in [-0.3, -0.25) is 4.68 Å². The molecular weight excluding hydrogens is 348 g/mol. The first-order chi connectivity index (χ1) is 13.7. The van der Waals surface area contributed by atoms with E-state index >= 15 is 0 Å². The van der Waals surface area contributed by atoms with Crippen molar-refractivity contribution in [3.05, 3.63) is 30.0 Å². The van der Waals surface area contributed by atoms with E-state index < -0.39 is 0 Å². The SMILES string of the molecule is [C-]#[N+]c1ncc(N2CCC3(CCCC3CC3CC3)CC2)nc1-c1cnn(C)c1. The Labute approximate surface area is 166 Å². The lowest BCUT2D eigenvalue weighted by atomic mass is 9.69. The molecule has 3 heterocycles. The molecule has 0 N–H and O–H groups in total. The molecule has 6 heteroatoms. The van der Waals surface area contributed by atoms with Crippen LogP contribution in [0.3, 0.4) is 0 Å². The highest BCUT2D eigenvalue weighted by atomic mass is 15.2. The molecule has 2 saturated carbocycles. The van der Waals surface area contributed by atoms with E-state index in [9.17, 15) is 0 Å². The monoisotopic (exact) mass is 376 g/mol. The molecule has 3 fully saturated rings. The second-order valence-corrected chi connectivity index (χ2v) is 9.03. The third kappa shape index (κ3) is 3.17. The van der Waals surface area contributed by atoms with Crippen LogP contribution in [0.2, 0.25) is 0 Å². The molecule has 5 rings (SSSR count). The molecule has 28 heavy (non-hydrogen) atoms. The van der Waals surface area contributed by atoms with Crippen molar-refractivity contribution in [2.75, 3.05) is 18.0 Å². The summed E-state index contributed by atoms with van der Waals surface area (Å²) in [6, 6.07) is 0. The smallest absolute Gasteiger partial charge is 0.296 e. The maximum Gasteiger partial charge on any atom is 0.296 e. The van der Waals surface area contributed by atoms with Crippen molar-refractivity contribution >= 4 is 11.6 Å². The lowest BCUT2D eigenvalue weighted by Gasteiger charge is -2.43. The first-order valence-electron chi connectivity index (χ1n) is 10.7. The molecule has 1 atom stereocenters. The van der Waals surface area contributed by atoms with Crippen LogP contribution >= 0.6 is 0 Å². The number of hydrogen-bond donors (Lipinski definition) is 0. The van der Waals surface area contributed by atoms with E-state index in [1.165, 1.54) is 51.4 Å². The van der Waals surface area contributed by atoms with Gasteiger partial charge in [0.2, 0.25) is 0 Å². The average molecular weight is 377 g/mol. The summed E-state index contributed by atoms with van der Waals surface area (Å²) in [6.07, 6.45) is 16.7. The fraction of sp³-hybridized carbons (Fsp3) is 0.636. The van der Waals surface area contributed by atoms with Gasteiger partial charge in [-0.2, -0.15) is 5.10 Å². The van der Waals surface area contributed by atoms with Gasteiger partial charge in [-0.25, -0.2) is 4.98 Å². The molecule has 6 nitrogen and oxygen atoms in total. The Morgan fingerprint density at radius 2 is 2.00 bits per heavy atom. The Morgan fingerprint density at radius 1 is 1.18 bits per heavy atom. The minimum Gasteiger partial charge on any atom is -0.359 e. The van der Waals surface area contributed by atoms with Crippen molar-refractivity contribution in [3.8, 4) is 11.3 Å². The van der Waals surface area contributed by atoms with Crippen LogP contribution in [0.15, 0.2) is 18.6 Å². The molecule has 0 aromatic carbocycles. The number of anilines is 1. The summed E-state index contributed by atoms with van der Waals surface area (Å²) in [5.41, 5.74) is 2.08. The first kappa shape index (κ1) is 17.7. The van der Waals surface area contributed by atoms with Gasteiger partial charge in [-0.15, -0.1) is 4.98 Å². The van der Waals surface area contributed by atoms with Crippen LogP contribution in [0.4, 0.5) is 11.6 Å². The molecule has 0 radical (unpaired) electrons. The average Bonchev–Trinajstić information content (AvgIpc) is 3.32. The first-order valence-corrected chi connectivity index (χ1v) is 10.7. The van der Waals surface area contributed by atoms with Crippen LogP contribution < -0.4 is 4.90 Å². The van der Waals surface area contributed by atoms with E-state index in [-0.39, 0.29) is 0 Å². The summed E-state index contributed by atoms with van der Waals surface area (Å²) in [5.74, 6) is 3.24. The molecule has 1 unspecified atom stereocenters. The number of nitrogens with zero attached hydrogens (tertiary/aromatic N) is 6. The van der Waals surface area contributed by atoms with Crippen LogP contribution in [0.1, 0.15) is 51.4 Å². The van der Waals surface area contributed by atoms with Crippen LogP contribution in [0.25, 0.3) is 16.1 Å². The minimum absolute atomic E-state index is 0.352. The van der Waals surface area contributed by atoms with Crippen LogP contribution in [0, 0.1) is 23.8 Å². The third-order valence-corrected chi connectivity index (χ3v) is 7.32. The maximum absolute atomic E-state index is 7.43. The number of aromatic nitrogens is 4. The van der Waals surface area contributed by atoms with Crippen molar-refractivity contribution < 1.29 is 0 Å². The summed E-state index contributed by atoms with van der Waals surface area (Å²) in [6.45, 7) is 9.54. The Morgan fingerprint density at radius 3 is 2.68 bits per heavy atom. The molecular formula is C22H28N6. The van der Waals surface area contributed by atoms with E-state index in [0.29, 0.717) is 16.9 Å². The van der Waals surface area contributed by atoms with Gasteiger partial charge in [0.1, 0.15) is 5.69 Å². The second kappa shape index (κ2) is 6.88. The Kier molecular flexibility index (Phi) is 4.34. The van der Waals surface area contributed by atoms with E-state index in [1.54, 1.807) is 17.1 Å². The summed E-state index contributed by atoms with van der Waals surface area (Å²) in [7, 11) is 1.88. The van der Waals surface area contributed by atoms with Crippen molar-refractivity contribution in [2.45, 2.75) is 51.4 Å². The number of hydrogen-bond acceptors (Lipinski definition) is 4. The summed E-state index contributed by atoms with van der Waals surface area (Å²) < 4.78 is 1.74. The van der Waals surface area contributed by atoms with Gasteiger partial charge in [0, 0.05) is 31.9 Å². The van der Waals surface area contributed by atoms with Crippen molar-refractivity contribution in [2.24, 2.45) is 24.3 Å². The molecule has 0 amide bonds. The maximum atomic E-state index is 7.43. The van der Waals surface area contributed by atoms with E-state index in [1.807, 2.05) is 13.2 Å². The highest BCUT2D eigenvalue weighted by Gasteiger charge is 2.46. The molecule has 2 aliphatic carbocycles. The van der Waals surface area contributed by atoms with Crippen LogP contribution in [-0.4, -0.2) is 32.8 Å². The zero-order valence-electron chi connectivity index (χ0n) is 16.6. The molecule has 146 valence electrons. The predicted octanol–water partition coefficient (Wildman–Crippen LogP) is 4.61. The largest absolute Gasteiger partial charge is 0.359 e. The Balaban J connectivity index is 1.34. The normalized spacial score (nSPS) is 23.9. The fourth-order valence-electron chi connectivity index (χ4n) is 5.52. The summed E-state index contributed by atoms with van der Waals surface area (Å²) in [5, 5.41) is 4.23. The predicted molar refractivity (Wildman–Crippen MR) is 109 cm³/mol. The molecule has 3 aliphatic rings. The molecule has 1 spiro atoms. The van der Waals surface area contributed by atoms with Crippen molar-refractivity contribution in [1.82, 2.24) is 19.7 Å². The lowest BCUT2D eigenvalue weighted by Crippen LogP contribution is -2.42. The van der Waals surface area contributed by atoms with Gasteiger partial charge in [0.15, 0.2) is 12.0 Å². The Hall–Kier alpha value is -2.42. The summed E-state index contributed by atoms with van der Waals surface area (Å²) >= 11 is 0. The second-order valence-electron chi connectivity index (χ2n) is 9.03. The van der Waals surface area contributed by atoms with Crippen molar-refractivity contribution in [3.63, 3.8) is 0 Å². The fourth-order valence-corrected chi connectivity index (χ4v) is 5.52. The molecule has 1 aliphatic heterocycles. The highest BCUT2D eigenvalue weighted by Crippen LogP contribution is 2.55. The highest BCUT2D eigenvalue weighted by molar-refractivity contribution is 5.72. The van der Waals surface area contributed by atoms with Gasteiger partial charge in [-0.05, 0) is 49.4 Å². The van der Waals surface area contributed by atoms with Gasteiger partial charge < -0.3 is 9.74 Å². The molecule has 1 saturated heterocycles. The number of piperidine rings is 1. The zero-order chi connectivity index (χ0) is 19.1. The van der Waals surface area contributed by atoms with Crippen LogP contribution in [-0.2, 0) is 7.05 Å². The summed E-state index contributed by atoms with van der Waals surface area (Å²) in [4.78, 5) is 15.2. The zero-order valence-corrected chi connectivity index (χ0v) is 16.6. The van der Waals surface area contributed by atoms with Crippen LogP contribution in [0.5, 0.6) is 0 Å². The quantitative estimate of drug-likeness (QED) is 0.731. The number of aryl methyl sites for hydroxylation is 1. The van der Waals surface area contributed by atoms with E-state index in [2.05, 4.69) is 19.8 Å². The lowest BCUT2D eigenvalue weighted by molar-refractivity contribution is 0.136. The number of rotatable bonds is 4. The minimum atomic E-state index is 0.352. The standard InChI is InChI=1S/C22H28N6/c1-23-21-20(17-13-25-27(2)15-17)26-19(14-24-21)28-10-8-22(9-11-28)7-3-4-18(22)12-16-5-6-16/h13-16,18H,3-12H2,2H3. The van der Waals surface area contributed by atoms with Gasteiger partial charge in [-0.1, -0.05) is 25.8 Å². The van der Waals surface area contributed by atoms with Crippen molar-refractivity contribution in [1.29, 1.82) is 0 Å². The Bertz CT molecular complexity index is 898. The van der Waals surface area contributed by atoms with Gasteiger partial charge in [0.05, 0.1) is 6.20 Å². The van der Waals surface area contributed by atoms with Gasteiger partial charge >= 0.3 is 0 Å².